The van der Waals surface area contributed by atoms with Crippen molar-refractivity contribution in [3.63, 3.8) is 0 Å². The molecule has 2 aromatic carbocycles. The summed E-state index contributed by atoms with van der Waals surface area (Å²) in [5.41, 5.74) is 2.58. The fourth-order valence-electron chi connectivity index (χ4n) is 2.66. The Morgan fingerprint density at radius 1 is 1.04 bits per heavy atom. The molecule has 0 bridgehead atoms. The maximum Gasteiger partial charge on any atom is 0.185 e. The summed E-state index contributed by atoms with van der Waals surface area (Å²) in [5, 5.41) is 4.43. The predicted molar refractivity (Wildman–Crippen MR) is 101 cm³/mol. The Hall–Kier alpha value is -1.81. The van der Waals surface area contributed by atoms with Crippen LogP contribution >= 0.6 is 23.2 Å². The summed E-state index contributed by atoms with van der Waals surface area (Å²) < 4.78 is 0. The molecule has 0 amide bonds. The number of anilines is 1. The molecular weight excluding hydrogens is 343 g/mol. The maximum atomic E-state index is 12.3. The molecule has 3 rings (SSSR count). The highest BCUT2D eigenvalue weighted by atomic mass is 35.5. The predicted octanol–water partition coefficient (Wildman–Crippen LogP) is 4.30. The Morgan fingerprint density at radius 3 is 2.42 bits per heavy atom. The molecule has 124 valence electrons. The van der Waals surface area contributed by atoms with Gasteiger partial charge in [-0.1, -0.05) is 29.3 Å². The van der Waals surface area contributed by atoms with Crippen LogP contribution in [0, 0.1) is 0 Å². The molecule has 0 saturated carbocycles. The molecule has 1 fully saturated rings. The minimum Gasteiger partial charge on any atom is -0.369 e. The van der Waals surface area contributed by atoms with Crippen molar-refractivity contribution in [2.24, 2.45) is 0 Å². The number of halogens is 2. The van der Waals surface area contributed by atoms with Gasteiger partial charge in [0.2, 0.25) is 0 Å². The number of nitrogens with one attached hydrogen (secondary N) is 1. The fraction of sp³-hybridized carbons (Fsp3) is 0.211. The summed E-state index contributed by atoms with van der Waals surface area (Å²) >= 11 is 12.0. The molecule has 0 unspecified atom stereocenters. The topological polar surface area (TPSA) is 32.3 Å². The quantitative estimate of drug-likeness (QED) is 0.651. The van der Waals surface area contributed by atoms with Gasteiger partial charge < -0.3 is 10.2 Å². The fourth-order valence-corrected chi connectivity index (χ4v) is 3.13. The molecule has 1 saturated heterocycles. The molecule has 0 atom stereocenters. The Bertz CT molecular complexity index is 750. The van der Waals surface area contributed by atoms with Crippen LogP contribution in [0.3, 0.4) is 0 Å². The first kappa shape index (κ1) is 17.0. The maximum absolute atomic E-state index is 12.3. The first-order valence-electron chi connectivity index (χ1n) is 7.87. The normalized spacial score (nSPS) is 15.0. The molecule has 24 heavy (non-hydrogen) atoms. The molecule has 0 radical (unpaired) electrons. The van der Waals surface area contributed by atoms with E-state index < -0.39 is 0 Å². The molecule has 2 aromatic rings. The molecule has 5 heteroatoms. The van der Waals surface area contributed by atoms with E-state index in [9.17, 15) is 4.79 Å². The third-order valence-electron chi connectivity index (χ3n) is 4.01. The van der Waals surface area contributed by atoms with Gasteiger partial charge in [-0.05, 0) is 54.1 Å². The summed E-state index contributed by atoms with van der Waals surface area (Å²) in [6.45, 7) is 3.96. The van der Waals surface area contributed by atoms with Crippen molar-refractivity contribution < 1.29 is 4.79 Å². The van der Waals surface area contributed by atoms with Gasteiger partial charge in [0.15, 0.2) is 5.78 Å². The lowest BCUT2D eigenvalue weighted by Crippen LogP contribution is -2.43. The van der Waals surface area contributed by atoms with Gasteiger partial charge >= 0.3 is 0 Å². The van der Waals surface area contributed by atoms with Crippen LogP contribution in [-0.2, 0) is 0 Å². The molecule has 3 nitrogen and oxygen atoms in total. The second kappa shape index (κ2) is 7.84. The zero-order chi connectivity index (χ0) is 16.9. The van der Waals surface area contributed by atoms with Crippen molar-refractivity contribution in [3.8, 4) is 0 Å². The lowest BCUT2D eigenvalue weighted by molar-refractivity contribution is 0.104. The van der Waals surface area contributed by atoms with Crippen LogP contribution in [-0.4, -0.2) is 32.0 Å². The third-order valence-corrected chi connectivity index (χ3v) is 4.57. The highest BCUT2D eigenvalue weighted by Crippen LogP contribution is 2.22. The van der Waals surface area contributed by atoms with Gasteiger partial charge in [0.25, 0.3) is 0 Å². The summed E-state index contributed by atoms with van der Waals surface area (Å²) in [5.74, 6) is -0.0483. The van der Waals surface area contributed by atoms with Crippen LogP contribution in [0.1, 0.15) is 15.9 Å². The summed E-state index contributed by atoms with van der Waals surface area (Å²) in [6, 6.07) is 12.9. The van der Waals surface area contributed by atoms with Crippen LogP contribution in [0.5, 0.6) is 0 Å². The van der Waals surface area contributed by atoms with Crippen molar-refractivity contribution in [2.45, 2.75) is 0 Å². The van der Waals surface area contributed by atoms with E-state index in [0.717, 1.165) is 37.4 Å². The molecule has 1 N–H and O–H groups in total. The van der Waals surface area contributed by atoms with E-state index in [0.29, 0.717) is 15.6 Å². The van der Waals surface area contributed by atoms with Crippen molar-refractivity contribution in [1.82, 2.24) is 5.32 Å². The number of carbonyl (C=O) groups excluding carboxylic acids is 1. The monoisotopic (exact) mass is 360 g/mol. The minimum absolute atomic E-state index is 0.0483. The summed E-state index contributed by atoms with van der Waals surface area (Å²) in [6.07, 6.45) is 3.25. The second-order valence-electron chi connectivity index (χ2n) is 5.65. The Balaban J connectivity index is 1.69. The summed E-state index contributed by atoms with van der Waals surface area (Å²) in [4.78, 5) is 14.6. The van der Waals surface area contributed by atoms with E-state index in [2.05, 4.69) is 10.2 Å². The largest absolute Gasteiger partial charge is 0.369 e. The van der Waals surface area contributed by atoms with Gasteiger partial charge in [-0.3, -0.25) is 4.79 Å². The number of hydrogen-bond acceptors (Lipinski definition) is 3. The van der Waals surface area contributed by atoms with Crippen LogP contribution in [0.25, 0.3) is 6.08 Å². The second-order valence-corrected chi connectivity index (χ2v) is 6.49. The number of piperazine rings is 1. The van der Waals surface area contributed by atoms with Gasteiger partial charge in [-0.25, -0.2) is 0 Å². The number of carbonyl (C=O) groups is 1. The highest BCUT2D eigenvalue weighted by Gasteiger charge is 2.11. The van der Waals surface area contributed by atoms with Crippen molar-refractivity contribution >= 4 is 40.7 Å². The number of hydrogen-bond donors (Lipinski definition) is 1. The number of benzene rings is 2. The molecule has 0 aliphatic carbocycles. The van der Waals surface area contributed by atoms with E-state index >= 15 is 0 Å². The first-order chi connectivity index (χ1) is 11.6. The average molecular weight is 361 g/mol. The van der Waals surface area contributed by atoms with Gasteiger partial charge in [-0.15, -0.1) is 0 Å². The zero-order valence-electron chi connectivity index (χ0n) is 13.1. The lowest BCUT2D eigenvalue weighted by Gasteiger charge is -2.29. The number of allylic oxidation sites excluding steroid dienone is 1. The molecule has 0 spiro atoms. The van der Waals surface area contributed by atoms with E-state index in [1.54, 1.807) is 24.3 Å². The van der Waals surface area contributed by atoms with Crippen LogP contribution in [0.2, 0.25) is 10.0 Å². The van der Waals surface area contributed by atoms with Gasteiger partial charge in [0.05, 0.1) is 0 Å². The van der Waals surface area contributed by atoms with E-state index in [1.165, 1.54) is 6.08 Å². The molecule has 0 aromatic heterocycles. The van der Waals surface area contributed by atoms with Crippen molar-refractivity contribution in [2.75, 3.05) is 31.1 Å². The standard InChI is InChI=1S/C19H18Cl2N2O/c20-16-5-1-14(18(21)13-16)4-8-19(24)15-2-6-17(7-3-15)23-11-9-22-10-12-23/h1-8,13,22H,9-12H2/b8-4+. The van der Waals surface area contributed by atoms with Crippen LogP contribution in [0.15, 0.2) is 48.5 Å². The summed E-state index contributed by atoms with van der Waals surface area (Å²) in [7, 11) is 0. The van der Waals surface area contributed by atoms with E-state index in [-0.39, 0.29) is 5.78 Å². The van der Waals surface area contributed by atoms with Crippen molar-refractivity contribution in [3.05, 3.63) is 69.7 Å². The molecule has 1 aliphatic rings. The van der Waals surface area contributed by atoms with Crippen LogP contribution < -0.4 is 10.2 Å². The van der Waals surface area contributed by atoms with Gasteiger partial charge in [0, 0.05) is 47.5 Å². The van der Waals surface area contributed by atoms with Gasteiger partial charge in [-0.2, -0.15) is 0 Å². The minimum atomic E-state index is -0.0483. The SMILES string of the molecule is O=C(/C=C/c1ccc(Cl)cc1Cl)c1ccc(N2CCNCC2)cc1. The Morgan fingerprint density at radius 2 is 1.75 bits per heavy atom. The Labute approximate surface area is 151 Å². The highest BCUT2D eigenvalue weighted by molar-refractivity contribution is 6.35. The molecular formula is C19H18Cl2N2O. The lowest BCUT2D eigenvalue weighted by atomic mass is 10.1. The van der Waals surface area contributed by atoms with E-state index in [1.807, 2.05) is 24.3 Å². The number of rotatable bonds is 4. The first-order valence-corrected chi connectivity index (χ1v) is 8.62. The van der Waals surface area contributed by atoms with Crippen LogP contribution in [0.4, 0.5) is 5.69 Å². The van der Waals surface area contributed by atoms with Crippen molar-refractivity contribution in [1.29, 1.82) is 0 Å². The molecule has 1 aliphatic heterocycles. The number of nitrogens with zero attached hydrogens (tertiary/aromatic N) is 1. The zero-order valence-corrected chi connectivity index (χ0v) is 14.6. The molecule has 1 heterocycles. The van der Waals surface area contributed by atoms with Gasteiger partial charge in [0.1, 0.15) is 0 Å². The number of ketones is 1. The third kappa shape index (κ3) is 4.18. The Kier molecular flexibility index (Phi) is 5.56. The smallest absolute Gasteiger partial charge is 0.185 e. The van der Waals surface area contributed by atoms with E-state index in [4.69, 9.17) is 23.2 Å². The average Bonchev–Trinajstić information content (AvgIpc) is 2.62.